The number of nitrogens with zero attached hydrogens (tertiary/aromatic N) is 2. The number of hydrogen-bond acceptors (Lipinski definition) is 4. The Morgan fingerprint density at radius 3 is 3.00 bits per heavy atom. The maximum Gasteiger partial charge on any atom is 0.276 e. The van der Waals surface area contributed by atoms with Crippen LogP contribution < -0.4 is 16.2 Å². The van der Waals surface area contributed by atoms with E-state index in [2.05, 4.69) is 20.8 Å². The van der Waals surface area contributed by atoms with Crippen molar-refractivity contribution in [2.45, 2.75) is 13.0 Å². The number of halogens is 2. The van der Waals surface area contributed by atoms with Gasteiger partial charge in [-0.2, -0.15) is 5.10 Å². The molecule has 0 saturated heterocycles. The molecule has 2 aromatic rings. The highest BCUT2D eigenvalue weighted by Crippen LogP contribution is 2.17. The zero-order chi connectivity index (χ0) is 15.0. The Balaban J connectivity index is 0.00000176. The Kier molecular flexibility index (Phi) is 4.90. The predicted molar refractivity (Wildman–Crippen MR) is 85.9 cm³/mol. The van der Waals surface area contributed by atoms with Crippen LogP contribution in [0.3, 0.4) is 0 Å². The van der Waals surface area contributed by atoms with Gasteiger partial charge >= 0.3 is 0 Å². The van der Waals surface area contributed by atoms with Crippen LogP contribution in [-0.4, -0.2) is 27.2 Å². The number of carbonyl (C=O) groups is 1. The van der Waals surface area contributed by atoms with Gasteiger partial charge < -0.3 is 15.2 Å². The number of carbonyl (C=O) groups excluding carboxylic acids is 1. The van der Waals surface area contributed by atoms with Crippen LogP contribution in [-0.2, 0) is 20.0 Å². The van der Waals surface area contributed by atoms with Crippen molar-refractivity contribution in [3.8, 4) is 0 Å². The number of H-pyrrole nitrogens is 1. The molecule has 0 spiro atoms. The summed E-state index contributed by atoms with van der Waals surface area (Å²) in [6, 6.07) is 1.43. The van der Waals surface area contributed by atoms with Crippen LogP contribution in [0.4, 0.5) is 5.69 Å². The largest absolute Gasteiger partial charge is 0.319 e. The number of rotatable bonds is 2. The molecule has 3 N–H and O–H groups in total. The molecule has 3 rings (SSSR count). The van der Waals surface area contributed by atoms with Crippen LogP contribution in [0.25, 0.3) is 0 Å². The SMILES string of the molecule is Cl.Cn1cc(NC(=O)c2n[nH]c3c2CNCC3)cc(Cl)c1=O. The fraction of sp³-hybridized carbons (Fsp3) is 0.308. The lowest BCUT2D eigenvalue weighted by atomic mass is 10.1. The number of aromatic amines is 1. The third kappa shape index (κ3) is 3.01. The number of fused-ring (bicyclic) bond motifs is 1. The monoisotopic (exact) mass is 343 g/mol. The van der Waals surface area contributed by atoms with Crippen LogP contribution >= 0.6 is 24.0 Å². The van der Waals surface area contributed by atoms with Gasteiger partial charge in [-0.15, -0.1) is 12.4 Å². The summed E-state index contributed by atoms with van der Waals surface area (Å²) in [5.74, 6) is -0.328. The molecular weight excluding hydrogens is 329 g/mol. The van der Waals surface area contributed by atoms with E-state index in [1.165, 1.54) is 16.8 Å². The zero-order valence-electron chi connectivity index (χ0n) is 11.8. The van der Waals surface area contributed by atoms with Crippen LogP contribution in [0, 0.1) is 0 Å². The minimum atomic E-state index is -0.328. The van der Waals surface area contributed by atoms with Crippen molar-refractivity contribution in [3.63, 3.8) is 0 Å². The molecule has 0 atom stereocenters. The summed E-state index contributed by atoms with van der Waals surface area (Å²) in [5.41, 5.74) is 2.37. The van der Waals surface area contributed by atoms with Crippen molar-refractivity contribution < 1.29 is 4.79 Å². The number of anilines is 1. The van der Waals surface area contributed by atoms with Gasteiger partial charge in [-0.1, -0.05) is 11.6 Å². The van der Waals surface area contributed by atoms with Crippen LogP contribution in [0.1, 0.15) is 21.7 Å². The highest BCUT2D eigenvalue weighted by molar-refractivity contribution is 6.30. The lowest BCUT2D eigenvalue weighted by Gasteiger charge is -2.13. The first-order valence-electron chi connectivity index (χ1n) is 6.50. The molecule has 0 radical (unpaired) electrons. The van der Waals surface area contributed by atoms with Crippen LogP contribution in [0.15, 0.2) is 17.1 Å². The summed E-state index contributed by atoms with van der Waals surface area (Å²) in [7, 11) is 1.57. The summed E-state index contributed by atoms with van der Waals surface area (Å²) >= 11 is 5.83. The Morgan fingerprint density at radius 2 is 2.27 bits per heavy atom. The van der Waals surface area contributed by atoms with E-state index in [4.69, 9.17) is 11.6 Å². The lowest BCUT2D eigenvalue weighted by molar-refractivity contribution is 0.102. The molecule has 118 valence electrons. The maximum absolute atomic E-state index is 12.3. The molecule has 9 heteroatoms. The zero-order valence-corrected chi connectivity index (χ0v) is 13.3. The van der Waals surface area contributed by atoms with E-state index in [1.54, 1.807) is 7.05 Å². The molecule has 1 amide bonds. The second-order valence-electron chi connectivity index (χ2n) is 4.90. The molecule has 3 heterocycles. The molecule has 1 aliphatic heterocycles. The molecule has 2 aromatic heterocycles. The van der Waals surface area contributed by atoms with Crippen molar-refractivity contribution in [2.24, 2.45) is 7.05 Å². The van der Waals surface area contributed by atoms with E-state index in [0.717, 1.165) is 24.2 Å². The molecule has 1 aliphatic rings. The molecule has 0 unspecified atom stereocenters. The van der Waals surface area contributed by atoms with Gasteiger partial charge in [-0.25, -0.2) is 0 Å². The van der Waals surface area contributed by atoms with Gasteiger partial charge in [0.1, 0.15) is 5.02 Å². The highest BCUT2D eigenvalue weighted by Gasteiger charge is 2.21. The van der Waals surface area contributed by atoms with Gasteiger partial charge in [-0.05, 0) is 6.07 Å². The average molecular weight is 344 g/mol. The Bertz CT molecular complexity index is 742. The van der Waals surface area contributed by atoms with Gasteiger partial charge in [0.2, 0.25) is 0 Å². The highest BCUT2D eigenvalue weighted by atomic mass is 35.5. The van der Waals surface area contributed by atoms with E-state index < -0.39 is 0 Å². The lowest BCUT2D eigenvalue weighted by Crippen LogP contribution is -2.25. The van der Waals surface area contributed by atoms with E-state index in [1.807, 2.05) is 0 Å². The van der Waals surface area contributed by atoms with Crippen molar-refractivity contribution in [1.29, 1.82) is 0 Å². The fourth-order valence-corrected chi connectivity index (χ4v) is 2.59. The second kappa shape index (κ2) is 6.51. The summed E-state index contributed by atoms with van der Waals surface area (Å²) in [5, 5.41) is 12.9. The van der Waals surface area contributed by atoms with E-state index in [0.29, 0.717) is 17.9 Å². The standard InChI is InChI=1S/C13H14ClN5O2.ClH/c1-19-6-7(4-9(14)13(19)21)16-12(20)11-8-5-15-3-2-10(8)17-18-11;/h4,6,15H,2-3,5H2,1H3,(H,16,20)(H,17,18);1H. The minimum Gasteiger partial charge on any atom is -0.319 e. The molecular formula is C13H15Cl2N5O2. The van der Waals surface area contributed by atoms with Crippen molar-refractivity contribution >= 4 is 35.6 Å². The molecule has 0 fully saturated rings. The number of nitrogens with one attached hydrogen (secondary N) is 3. The molecule has 0 aliphatic carbocycles. The van der Waals surface area contributed by atoms with Gasteiger partial charge in [0, 0.05) is 44.0 Å². The normalized spacial score (nSPS) is 13.2. The summed E-state index contributed by atoms with van der Waals surface area (Å²) in [6.45, 7) is 1.48. The molecule has 7 nitrogen and oxygen atoms in total. The number of pyridine rings is 1. The molecule has 0 aromatic carbocycles. The maximum atomic E-state index is 12.3. The third-order valence-corrected chi connectivity index (χ3v) is 3.69. The predicted octanol–water partition coefficient (Wildman–Crippen LogP) is 1.08. The topological polar surface area (TPSA) is 91.8 Å². The van der Waals surface area contributed by atoms with Gasteiger partial charge in [0.15, 0.2) is 5.69 Å². The minimum absolute atomic E-state index is 0. The van der Waals surface area contributed by atoms with Crippen molar-refractivity contribution in [1.82, 2.24) is 20.1 Å². The van der Waals surface area contributed by atoms with Gasteiger partial charge in [0.05, 0.1) is 5.69 Å². The fourth-order valence-electron chi connectivity index (χ4n) is 2.34. The first kappa shape index (κ1) is 16.5. The van der Waals surface area contributed by atoms with Gasteiger partial charge in [0.25, 0.3) is 11.5 Å². The molecule has 0 saturated carbocycles. The third-order valence-electron chi connectivity index (χ3n) is 3.42. The van der Waals surface area contributed by atoms with E-state index in [-0.39, 0.29) is 28.9 Å². The second-order valence-corrected chi connectivity index (χ2v) is 5.31. The smallest absolute Gasteiger partial charge is 0.276 e. The Labute approximate surface area is 137 Å². The Morgan fingerprint density at radius 1 is 1.50 bits per heavy atom. The first-order chi connectivity index (χ1) is 10.1. The number of aromatic nitrogens is 3. The van der Waals surface area contributed by atoms with Crippen molar-refractivity contribution in [2.75, 3.05) is 11.9 Å². The van der Waals surface area contributed by atoms with Crippen molar-refractivity contribution in [3.05, 3.63) is 44.6 Å². The number of amides is 1. The average Bonchev–Trinajstić information content (AvgIpc) is 2.88. The first-order valence-corrected chi connectivity index (χ1v) is 6.88. The van der Waals surface area contributed by atoms with Crippen LogP contribution in [0.5, 0.6) is 0 Å². The number of aryl methyl sites for hydroxylation is 1. The Hall–Kier alpha value is -1.83. The number of hydrogen-bond donors (Lipinski definition) is 3. The summed E-state index contributed by atoms with van der Waals surface area (Å²) in [6.07, 6.45) is 2.34. The van der Waals surface area contributed by atoms with Crippen LogP contribution in [0.2, 0.25) is 5.02 Å². The van der Waals surface area contributed by atoms with Gasteiger partial charge in [-0.3, -0.25) is 14.7 Å². The quantitative estimate of drug-likeness (QED) is 0.760. The molecule has 22 heavy (non-hydrogen) atoms. The summed E-state index contributed by atoms with van der Waals surface area (Å²) in [4.78, 5) is 23.8. The van der Waals surface area contributed by atoms with E-state index >= 15 is 0 Å². The molecule has 0 bridgehead atoms. The summed E-state index contributed by atoms with van der Waals surface area (Å²) < 4.78 is 1.32. The van der Waals surface area contributed by atoms with E-state index in [9.17, 15) is 9.59 Å².